The van der Waals surface area contributed by atoms with E-state index in [2.05, 4.69) is 0 Å². The number of ether oxygens (including phenoxy) is 1. The standard InChI is InChI=1S/C20H16F3NO3S/c1-28(25,26)11-3-4-12-10(6-11)2-5-19-13(12)8-18(24)20(27-19)14-7-16(22)17(23)9-15(14)21/h2-7,9,18,20H,8,24H2,1H3/t18-,20+/m0/s1. The van der Waals surface area contributed by atoms with Crippen LogP contribution in [0.2, 0.25) is 0 Å². The van der Waals surface area contributed by atoms with Crippen molar-refractivity contribution in [3.8, 4) is 5.75 Å². The Hall–Kier alpha value is -2.58. The lowest BCUT2D eigenvalue weighted by Gasteiger charge is -2.32. The van der Waals surface area contributed by atoms with E-state index in [1.807, 2.05) is 0 Å². The second kappa shape index (κ2) is 6.49. The van der Waals surface area contributed by atoms with Crippen LogP contribution in [0.3, 0.4) is 0 Å². The van der Waals surface area contributed by atoms with Crippen LogP contribution in [-0.4, -0.2) is 20.7 Å². The summed E-state index contributed by atoms with van der Waals surface area (Å²) in [6.45, 7) is 0. The first-order valence-corrected chi connectivity index (χ1v) is 10.4. The Morgan fingerprint density at radius 3 is 2.43 bits per heavy atom. The fraction of sp³-hybridized carbons (Fsp3) is 0.200. The van der Waals surface area contributed by atoms with Crippen LogP contribution in [0.5, 0.6) is 5.75 Å². The average Bonchev–Trinajstić information content (AvgIpc) is 2.63. The van der Waals surface area contributed by atoms with Crippen LogP contribution in [0.25, 0.3) is 10.8 Å². The molecule has 1 heterocycles. The molecule has 0 bridgehead atoms. The van der Waals surface area contributed by atoms with Gasteiger partial charge in [-0.2, -0.15) is 0 Å². The number of sulfone groups is 1. The minimum absolute atomic E-state index is 0.149. The van der Waals surface area contributed by atoms with Gasteiger partial charge in [-0.1, -0.05) is 12.1 Å². The van der Waals surface area contributed by atoms with E-state index in [0.29, 0.717) is 23.6 Å². The summed E-state index contributed by atoms with van der Waals surface area (Å²) >= 11 is 0. The Bertz CT molecular complexity index is 1210. The highest BCUT2D eigenvalue weighted by molar-refractivity contribution is 7.90. The van der Waals surface area contributed by atoms with Crippen LogP contribution in [0, 0.1) is 17.5 Å². The van der Waals surface area contributed by atoms with Crippen LogP contribution >= 0.6 is 0 Å². The van der Waals surface area contributed by atoms with Gasteiger partial charge < -0.3 is 10.5 Å². The molecular formula is C20H16F3NO3S. The molecule has 4 rings (SSSR count). The molecule has 0 amide bonds. The normalized spacial score (nSPS) is 19.3. The molecule has 0 aromatic heterocycles. The summed E-state index contributed by atoms with van der Waals surface area (Å²) in [6, 6.07) is 8.62. The van der Waals surface area contributed by atoms with E-state index in [9.17, 15) is 21.6 Å². The molecule has 0 saturated heterocycles. The lowest BCUT2D eigenvalue weighted by molar-refractivity contribution is 0.149. The van der Waals surface area contributed by atoms with Gasteiger partial charge in [0.2, 0.25) is 0 Å². The van der Waals surface area contributed by atoms with Crippen molar-refractivity contribution in [2.45, 2.75) is 23.5 Å². The summed E-state index contributed by atoms with van der Waals surface area (Å²) in [5, 5.41) is 1.47. The van der Waals surface area contributed by atoms with Crippen molar-refractivity contribution in [3.05, 3.63) is 71.0 Å². The van der Waals surface area contributed by atoms with Gasteiger partial charge >= 0.3 is 0 Å². The number of hydrogen-bond donors (Lipinski definition) is 1. The maximum Gasteiger partial charge on any atom is 0.175 e. The summed E-state index contributed by atoms with van der Waals surface area (Å²) in [5.74, 6) is -2.94. The molecule has 3 aromatic rings. The van der Waals surface area contributed by atoms with Gasteiger partial charge in [-0.3, -0.25) is 0 Å². The van der Waals surface area contributed by atoms with Gasteiger partial charge in [0.05, 0.1) is 10.9 Å². The molecule has 2 atom stereocenters. The third-order valence-electron chi connectivity index (χ3n) is 4.92. The van der Waals surface area contributed by atoms with E-state index < -0.39 is 39.4 Å². The summed E-state index contributed by atoms with van der Waals surface area (Å²) in [6.07, 6.45) is 0.455. The zero-order valence-electron chi connectivity index (χ0n) is 14.7. The molecule has 146 valence electrons. The molecule has 4 nitrogen and oxygen atoms in total. The van der Waals surface area contributed by atoms with E-state index in [0.717, 1.165) is 23.3 Å². The zero-order chi connectivity index (χ0) is 20.2. The van der Waals surface area contributed by atoms with E-state index in [1.54, 1.807) is 24.3 Å². The lowest BCUT2D eigenvalue weighted by atomic mass is 9.90. The molecule has 8 heteroatoms. The summed E-state index contributed by atoms with van der Waals surface area (Å²) in [4.78, 5) is 0.197. The Labute approximate surface area is 159 Å². The fourth-order valence-corrected chi connectivity index (χ4v) is 4.18. The van der Waals surface area contributed by atoms with Crippen molar-refractivity contribution in [3.63, 3.8) is 0 Å². The highest BCUT2D eigenvalue weighted by Crippen LogP contribution is 2.39. The van der Waals surface area contributed by atoms with Crippen molar-refractivity contribution < 1.29 is 26.3 Å². The van der Waals surface area contributed by atoms with Crippen LogP contribution in [0.1, 0.15) is 17.2 Å². The predicted octanol–water partition coefficient (Wildman–Crippen LogP) is 3.66. The minimum Gasteiger partial charge on any atom is -0.484 e. The van der Waals surface area contributed by atoms with Crippen LogP contribution in [0.15, 0.2) is 47.4 Å². The van der Waals surface area contributed by atoms with Crippen molar-refractivity contribution >= 4 is 20.6 Å². The van der Waals surface area contributed by atoms with Crippen molar-refractivity contribution in [2.75, 3.05) is 6.26 Å². The Morgan fingerprint density at radius 2 is 1.71 bits per heavy atom. The quantitative estimate of drug-likeness (QED) is 0.659. The smallest absolute Gasteiger partial charge is 0.175 e. The first kappa shape index (κ1) is 18.8. The first-order chi connectivity index (χ1) is 13.1. The van der Waals surface area contributed by atoms with E-state index >= 15 is 0 Å². The van der Waals surface area contributed by atoms with Gasteiger partial charge in [0, 0.05) is 23.4 Å². The summed E-state index contributed by atoms with van der Waals surface area (Å²) in [7, 11) is -3.35. The number of nitrogens with two attached hydrogens (primary N) is 1. The van der Waals surface area contributed by atoms with Crippen molar-refractivity contribution in [1.82, 2.24) is 0 Å². The van der Waals surface area contributed by atoms with Crippen LogP contribution < -0.4 is 10.5 Å². The summed E-state index contributed by atoms with van der Waals surface area (Å²) in [5.41, 5.74) is 6.77. The highest BCUT2D eigenvalue weighted by Gasteiger charge is 2.32. The third-order valence-corrected chi connectivity index (χ3v) is 6.03. The number of halogens is 3. The molecule has 0 radical (unpaired) electrons. The molecule has 2 N–H and O–H groups in total. The second-order valence-electron chi connectivity index (χ2n) is 6.89. The van der Waals surface area contributed by atoms with Gasteiger partial charge in [-0.15, -0.1) is 0 Å². The molecule has 0 aliphatic carbocycles. The predicted molar refractivity (Wildman–Crippen MR) is 98.4 cm³/mol. The Kier molecular flexibility index (Phi) is 4.35. The molecule has 0 fully saturated rings. The third kappa shape index (κ3) is 3.12. The number of hydrogen-bond acceptors (Lipinski definition) is 4. The lowest BCUT2D eigenvalue weighted by Crippen LogP contribution is -2.38. The molecule has 3 aromatic carbocycles. The maximum absolute atomic E-state index is 14.2. The largest absolute Gasteiger partial charge is 0.484 e. The van der Waals surface area contributed by atoms with Gasteiger partial charge in [0.25, 0.3) is 0 Å². The molecule has 28 heavy (non-hydrogen) atoms. The molecular weight excluding hydrogens is 391 g/mol. The van der Waals surface area contributed by atoms with Crippen molar-refractivity contribution in [1.29, 1.82) is 0 Å². The van der Waals surface area contributed by atoms with Gasteiger partial charge in [0.1, 0.15) is 17.7 Å². The molecule has 0 unspecified atom stereocenters. The number of rotatable bonds is 2. The average molecular weight is 407 g/mol. The van der Waals surface area contributed by atoms with Crippen LogP contribution in [-0.2, 0) is 16.3 Å². The molecule has 0 spiro atoms. The van der Waals surface area contributed by atoms with Crippen LogP contribution in [0.4, 0.5) is 13.2 Å². The van der Waals surface area contributed by atoms with Gasteiger partial charge in [-0.25, -0.2) is 21.6 Å². The number of benzene rings is 3. The topological polar surface area (TPSA) is 69.4 Å². The maximum atomic E-state index is 14.2. The van der Waals surface area contributed by atoms with Crippen molar-refractivity contribution in [2.24, 2.45) is 5.73 Å². The Balaban J connectivity index is 1.79. The SMILES string of the molecule is CS(=O)(=O)c1ccc2c3c(ccc2c1)O[C@H](c1cc(F)c(F)cc1F)[C@@H](N)C3. The highest BCUT2D eigenvalue weighted by atomic mass is 32.2. The van der Waals surface area contributed by atoms with E-state index in [1.165, 1.54) is 6.07 Å². The van der Waals surface area contributed by atoms with E-state index in [-0.39, 0.29) is 10.5 Å². The summed E-state index contributed by atoms with van der Waals surface area (Å²) < 4.78 is 70.4. The molecule has 0 saturated carbocycles. The minimum atomic E-state index is -3.35. The monoisotopic (exact) mass is 407 g/mol. The fourth-order valence-electron chi connectivity index (χ4n) is 3.52. The Morgan fingerprint density at radius 1 is 1.00 bits per heavy atom. The zero-order valence-corrected chi connectivity index (χ0v) is 15.6. The molecule has 1 aliphatic rings. The van der Waals surface area contributed by atoms with Gasteiger partial charge in [-0.05, 0) is 41.5 Å². The van der Waals surface area contributed by atoms with E-state index in [4.69, 9.17) is 10.5 Å². The first-order valence-electron chi connectivity index (χ1n) is 8.47. The second-order valence-corrected chi connectivity index (χ2v) is 8.91. The molecule has 1 aliphatic heterocycles. The number of fused-ring (bicyclic) bond motifs is 3. The van der Waals surface area contributed by atoms with Gasteiger partial charge in [0.15, 0.2) is 21.5 Å².